The van der Waals surface area contributed by atoms with E-state index in [2.05, 4.69) is 22.9 Å². The molecule has 0 unspecified atom stereocenters. The van der Waals surface area contributed by atoms with Gasteiger partial charge in [0, 0.05) is 12.1 Å². The van der Waals surface area contributed by atoms with Gasteiger partial charge in [0.2, 0.25) is 10.0 Å². The van der Waals surface area contributed by atoms with Crippen LogP contribution in [-0.2, 0) is 22.9 Å². The summed E-state index contributed by atoms with van der Waals surface area (Å²) in [5.74, 6) is 1.06. The molecule has 1 N–H and O–H groups in total. The standard InChI is InChI=1S/C21H25NO4S/c1-2-19(17-8-7-15-5-3-4-6-16(15)13-17)22-27(23,24)18-9-10-20-21(14-18)26-12-11-25-20/h7-10,13-14,19,22H,2-6,11-12H2,1H3/t19-/m0/s1. The van der Waals surface area contributed by atoms with E-state index in [-0.39, 0.29) is 10.9 Å². The Morgan fingerprint density at radius 1 is 0.963 bits per heavy atom. The second kappa shape index (κ2) is 7.52. The number of rotatable bonds is 5. The normalized spacial score (nSPS) is 17.2. The molecule has 1 aliphatic heterocycles. The lowest BCUT2D eigenvalue weighted by Crippen LogP contribution is -2.28. The van der Waals surface area contributed by atoms with Gasteiger partial charge in [0.15, 0.2) is 11.5 Å². The number of ether oxygens (including phenoxy) is 2. The molecule has 0 amide bonds. The lowest BCUT2D eigenvalue weighted by atomic mass is 9.89. The highest BCUT2D eigenvalue weighted by Gasteiger charge is 2.23. The van der Waals surface area contributed by atoms with Gasteiger partial charge in [-0.25, -0.2) is 13.1 Å². The summed E-state index contributed by atoms with van der Waals surface area (Å²) in [7, 11) is -3.66. The fourth-order valence-corrected chi connectivity index (χ4v) is 5.13. The molecule has 27 heavy (non-hydrogen) atoms. The van der Waals surface area contributed by atoms with Crippen molar-refractivity contribution in [1.82, 2.24) is 4.72 Å². The molecule has 0 fully saturated rings. The lowest BCUT2D eigenvalue weighted by Gasteiger charge is -2.22. The number of nitrogens with one attached hydrogen (secondary N) is 1. The van der Waals surface area contributed by atoms with Gasteiger partial charge >= 0.3 is 0 Å². The summed E-state index contributed by atoms with van der Waals surface area (Å²) >= 11 is 0. The van der Waals surface area contributed by atoms with Gasteiger partial charge in [0.05, 0.1) is 4.90 Å². The number of fused-ring (bicyclic) bond motifs is 2. The largest absolute Gasteiger partial charge is 0.486 e. The predicted molar refractivity (Wildman–Crippen MR) is 104 cm³/mol. The molecule has 0 radical (unpaired) electrons. The Kier molecular flexibility index (Phi) is 5.10. The van der Waals surface area contributed by atoms with Crippen LogP contribution in [0.1, 0.15) is 48.9 Å². The van der Waals surface area contributed by atoms with E-state index in [4.69, 9.17) is 9.47 Å². The smallest absolute Gasteiger partial charge is 0.241 e. The predicted octanol–water partition coefficient (Wildman–Crippen LogP) is 3.77. The zero-order valence-electron chi connectivity index (χ0n) is 15.5. The number of aryl methyl sites for hydroxylation is 2. The molecule has 5 nitrogen and oxygen atoms in total. The van der Waals surface area contributed by atoms with Crippen LogP contribution in [0.2, 0.25) is 0 Å². The van der Waals surface area contributed by atoms with Crippen molar-refractivity contribution in [2.24, 2.45) is 0 Å². The molecule has 0 bridgehead atoms. The molecule has 1 heterocycles. The minimum absolute atomic E-state index is 0.197. The molecule has 0 aromatic heterocycles. The Bertz CT molecular complexity index is 939. The van der Waals surface area contributed by atoms with Crippen LogP contribution in [-0.4, -0.2) is 21.6 Å². The van der Waals surface area contributed by atoms with Crippen LogP contribution in [0.15, 0.2) is 41.3 Å². The molecule has 4 rings (SSSR count). The van der Waals surface area contributed by atoms with Crippen LogP contribution >= 0.6 is 0 Å². The molecule has 144 valence electrons. The molecule has 1 atom stereocenters. The topological polar surface area (TPSA) is 64.6 Å². The van der Waals surface area contributed by atoms with E-state index in [1.54, 1.807) is 12.1 Å². The molecule has 2 aliphatic rings. The SMILES string of the molecule is CC[C@H](NS(=O)(=O)c1ccc2c(c1)OCCO2)c1ccc2c(c1)CCCC2. The maximum Gasteiger partial charge on any atom is 0.241 e. The summed E-state index contributed by atoms with van der Waals surface area (Å²) in [5.41, 5.74) is 3.78. The van der Waals surface area contributed by atoms with Gasteiger partial charge in [-0.15, -0.1) is 0 Å². The first-order valence-corrected chi connectivity index (χ1v) is 11.1. The Labute approximate surface area is 160 Å². The Morgan fingerprint density at radius 2 is 1.70 bits per heavy atom. The highest BCUT2D eigenvalue weighted by atomic mass is 32.2. The molecule has 0 spiro atoms. The van der Waals surface area contributed by atoms with Crippen LogP contribution in [0, 0.1) is 0 Å². The third kappa shape index (κ3) is 3.82. The zero-order chi connectivity index (χ0) is 18.9. The minimum atomic E-state index is -3.66. The van der Waals surface area contributed by atoms with Gasteiger partial charge in [-0.3, -0.25) is 0 Å². The molecule has 1 aliphatic carbocycles. The fraction of sp³-hybridized carbons (Fsp3) is 0.429. The number of hydrogen-bond donors (Lipinski definition) is 1. The van der Waals surface area contributed by atoms with E-state index in [1.807, 2.05) is 6.92 Å². The average Bonchev–Trinajstić information content (AvgIpc) is 2.71. The van der Waals surface area contributed by atoms with Crippen molar-refractivity contribution in [3.05, 3.63) is 53.1 Å². The second-order valence-corrected chi connectivity index (χ2v) is 8.84. The van der Waals surface area contributed by atoms with Crippen LogP contribution in [0.25, 0.3) is 0 Å². The average molecular weight is 388 g/mol. The van der Waals surface area contributed by atoms with Gasteiger partial charge in [0.1, 0.15) is 13.2 Å². The van der Waals surface area contributed by atoms with Crippen molar-refractivity contribution < 1.29 is 17.9 Å². The summed E-state index contributed by atoms with van der Waals surface area (Å²) in [6.45, 7) is 2.90. The highest BCUT2D eigenvalue weighted by Crippen LogP contribution is 2.33. The Balaban J connectivity index is 1.59. The van der Waals surface area contributed by atoms with Crippen LogP contribution < -0.4 is 14.2 Å². The maximum absolute atomic E-state index is 12.9. The third-order valence-electron chi connectivity index (χ3n) is 5.30. The molecular formula is C21H25NO4S. The number of benzene rings is 2. The van der Waals surface area contributed by atoms with Crippen LogP contribution in [0.3, 0.4) is 0 Å². The monoisotopic (exact) mass is 387 g/mol. The number of hydrogen-bond acceptors (Lipinski definition) is 4. The lowest BCUT2D eigenvalue weighted by molar-refractivity contribution is 0.171. The summed E-state index contributed by atoms with van der Waals surface area (Å²) in [4.78, 5) is 0.197. The van der Waals surface area contributed by atoms with Crippen LogP contribution in [0.4, 0.5) is 0 Å². The van der Waals surface area contributed by atoms with Crippen molar-refractivity contribution in [1.29, 1.82) is 0 Å². The second-order valence-electron chi connectivity index (χ2n) is 7.12. The first kappa shape index (κ1) is 18.3. The van der Waals surface area contributed by atoms with Crippen molar-refractivity contribution in [3.63, 3.8) is 0 Å². The number of sulfonamides is 1. The van der Waals surface area contributed by atoms with Gasteiger partial charge in [0.25, 0.3) is 0 Å². The summed E-state index contributed by atoms with van der Waals surface area (Å²) in [6, 6.07) is 10.9. The first-order valence-electron chi connectivity index (χ1n) is 9.60. The van der Waals surface area contributed by atoms with Gasteiger partial charge in [-0.05, 0) is 60.9 Å². The molecule has 2 aromatic carbocycles. The summed E-state index contributed by atoms with van der Waals surface area (Å²) in [6.07, 6.45) is 5.32. The van der Waals surface area contributed by atoms with Gasteiger partial charge in [-0.1, -0.05) is 25.1 Å². The van der Waals surface area contributed by atoms with E-state index >= 15 is 0 Å². The quantitative estimate of drug-likeness (QED) is 0.848. The van der Waals surface area contributed by atoms with E-state index < -0.39 is 10.0 Å². The van der Waals surface area contributed by atoms with Crippen LogP contribution in [0.5, 0.6) is 11.5 Å². The van der Waals surface area contributed by atoms with Crippen molar-refractivity contribution in [2.45, 2.75) is 50.0 Å². The first-order chi connectivity index (χ1) is 13.1. The fourth-order valence-electron chi connectivity index (χ4n) is 3.80. The zero-order valence-corrected chi connectivity index (χ0v) is 16.3. The van der Waals surface area contributed by atoms with Gasteiger partial charge < -0.3 is 9.47 Å². The van der Waals surface area contributed by atoms with E-state index in [0.29, 0.717) is 31.1 Å². The highest BCUT2D eigenvalue weighted by molar-refractivity contribution is 7.89. The van der Waals surface area contributed by atoms with E-state index in [9.17, 15) is 8.42 Å². The molecule has 6 heteroatoms. The molecule has 0 saturated heterocycles. The minimum Gasteiger partial charge on any atom is -0.486 e. The van der Waals surface area contributed by atoms with Crippen molar-refractivity contribution in [3.8, 4) is 11.5 Å². The van der Waals surface area contributed by atoms with Gasteiger partial charge in [-0.2, -0.15) is 0 Å². The van der Waals surface area contributed by atoms with E-state index in [0.717, 1.165) is 18.4 Å². The Morgan fingerprint density at radius 3 is 2.48 bits per heavy atom. The van der Waals surface area contributed by atoms with Crippen molar-refractivity contribution >= 4 is 10.0 Å². The van der Waals surface area contributed by atoms with Crippen molar-refractivity contribution in [2.75, 3.05) is 13.2 Å². The summed E-state index contributed by atoms with van der Waals surface area (Å²) in [5, 5.41) is 0. The summed E-state index contributed by atoms with van der Waals surface area (Å²) < 4.78 is 39.7. The molecule has 2 aromatic rings. The molecule has 0 saturated carbocycles. The third-order valence-corrected chi connectivity index (χ3v) is 6.77. The van der Waals surface area contributed by atoms with E-state index in [1.165, 1.54) is 30.0 Å². The Hall–Kier alpha value is -2.05. The molecular weight excluding hydrogens is 362 g/mol. The maximum atomic E-state index is 12.9.